The maximum atomic E-state index is 14.9. The number of aromatic nitrogens is 4. The van der Waals surface area contributed by atoms with Crippen molar-refractivity contribution in [1.82, 2.24) is 50.2 Å². The van der Waals surface area contributed by atoms with Gasteiger partial charge in [-0.2, -0.15) is 0 Å². The van der Waals surface area contributed by atoms with Crippen molar-refractivity contribution in [2.45, 2.75) is 134 Å². The highest BCUT2D eigenvalue weighted by Gasteiger charge is 2.43. The number of amides is 4. The van der Waals surface area contributed by atoms with Crippen LogP contribution in [0.25, 0.3) is 33.7 Å². The molecule has 4 aromatic rings. The second-order valence-electron chi connectivity index (χ2n) is 18.1. The standard InChI is InChI=1S/C45H62F2N10O6/c1-24(2)38(52-42(60)25(3)48-5)44(62)54-22-32(58)18-30(54)20-56-36-14-12-28(46)16-34(36)50-40(56)41-51-35-17-29(47)13-15-37(35)57(41)21-31-19-33(59)23-55(31)45(63)39(27-10-8-7-9-11-27)53-43(61)26(4)49-6/h12-17,24-27,30-33,38-39,48-49,58-59H,7-11,18-23H2,1-6H3,(H,52,60)(H,53,61)/t25-,26-,30+,31?,32?,33?,38-,39-/m1/s1. The number of halogens is 2. The molecule has 2 saturated heterocycles. The first-order valence-electron chi connectivity index (χ1n) is 22.3. The lowest BCUT2D eigenvalue weighted by atomic mass is 9.83. The monoisotopic (exact) mass is 876 g/mol. The van der Waals surface area contributed by atoms with E-state index in [0.717, 1.165) is 32.1 Å². The zero-order valence-corrected chi connectivity index (χ0v) is 37.0. The molecule has 1 saturated carbocycles. The number of fused-ring (bicyclic) bond motifs is 2. The van der Waals surface area contributed by atoms with Crippen molar-refractivity contribution in [3.63, 3.8) is 0 Å². The molecule has 0 radical (unpaired) electrons. The Morgan fingerprint density at radius 2 is 1.16 bits per heavy atom. The number of rotatable bonds is 15. The summed E-state index contributed by atoms with van der Waals surface area (Å²) in [5.74, 6) is -2.08. The van der Waals surface area contributed by atoms with Crippen LogP contribution in [0, 0.1) is 23.5 Å². The molecular weight excluding hydrogens is 815 g/mol. The number of nitrogens with one attached hydrogen (secondary N) is 4. The number of aliphatic hydroxyl groups excluding tert-OH is 2. The number of likely N-dealkylation sites (N-methyl/N-ethyl adjacent to an activating group) is 2. The van der Waals surface area contributed by atoms with E-state index in [9.17, 15) is 38.2 Å². The zero-order valence-electron chi connectivity index (χ0n) is 37.0. The van der Waals surface area contributed by atoms with Gasteiger partial charge in [0.05, 0.1) is 58.4 Å². The van der Waals surface area contributed by atoms with Crippen molar-refractivity contribution in [2.75, 3.05) is 27.2 Å². The third-order valence-corrected chi connectivity index (χ3v) is 13.3. The lowest BCUT2D eigenvalue weighted by molar-refractivity contribution is -0.140. The molecule has 18 heteroatoms. The predicted molar refractivity (Wildman–Crippen MR) is 233 cm³/mol. The third-order valence-electron chi connectivity index (χ3n) is 13.3. The van der Waals surface area contributed by atoms with Crippen molar-refractivity contribution < 1.29 is 38.2 Å². The fourth-order valence-corrected chi connectivity index (χ4v) is 9.55. The molecule has 0 bridgehead atoms. The number of aliphatic hydroxyl groups is 2. The lowest BCUT2D eigenvalue weighted by Crippen LogP contribution is -2.57. The maximum absolute atomic E-state index is 14.9. The van der Waals surface area contributed by atoms with Crippen molar-refractivity contribution in [3.05, 3.63) is 48.0 Å². The summed E-state index contributed by atoms with van der Waals surface area (Å²) in [6.07, 6.45) is 3.25. The molecular formula is C45H62F2N10O6. The van der Waals surface area contributed by atoms with Crippen molar-refractivity contribution in [1.29, 1.82) is 0 Å². The van der Waals surface area contributed by atoms with Gasteiger partial charge in [0.2, 0.25) is 23.6 Å². The third kappa shape index (κ3) is 9.73. The minimum Gasteiger partial charge on any atom is -0.391 e. The van der Waals surface area contributed by atoms with E-state index in [4.69, 9.17) is 9.97 Å². The number of hydrogen-bond donors (Lipinski definition) is 6. The molecule has 2 aliphatic heterocycles. The number of hydrogen-bond acceptors (Lipinski definition) is 10. The van der Waals surface area contributed by atoms with Gasteiger partial charge in [0.1, 0.15) is 23.7 Å². The Morgan fingerprint density at radius 1 is 0.698 bits per heavy atom. The van der Waals surface area contributed by atoms with Gasteiger partial charge in [-0.3, -0.25) is 19.2 Å². The Labute approximate surface area is 366 Å². The molecule has 16 nitrogen and oxygen atoms in total. The number of nitrogens with zero attached hydrogens (tertiary/aromatic N) is 6. The summed E-state index contributed by atoms with van der Waals surface area (Å²) in [5, 5.41) is 34.0. The molecule has 6 N–H and O–H groups in total. The molecule has 2 aromatic heterocycles. The topological polar surface area (TPSA) is 199 Å². The van der Waals surface area contributed by atoms with E-state index in [-0.39, 0.29) is 86.1 Å². The van der Waals surface area contributed by atoms with E-state index in [1.54, 1.807) is 49.9 Å². The molecule has 342 valence electrons. The summed E-state index contributed by atoms with van der Waals surface area (Å²) >= 11 is 0. The smallest absolute Gasteiger partial charge is 0.245 e. The summed E-state index contributed by atoms with van der Waals surface area (Å²) in [5.41, 5.74) is 1.66. The molecule has 0 spiro atoms. The van der Waals surface area contributed by atoms with Gasteiger partial charge >= 0.3 is 0 Å². The van der Waals surface area contributed by atoms with Crippen molar-refractivity contribution in [3.8, 4) is 11.6 Å². The first-order chi connectivity index (χ1) is 30.1. The van der Waals surface area contributed by atoms with Gasteiger partial charge in [-0.15, -0.1) is 0 Å². The molecule has 7 rings (SSSR count). The molecule has 8 atom stereocenters. The molecule has 3 unspecified atom stereocenters. The lowest BCUT2D eigenvalue weighted by Gasteiger charge is -2.35. The van der Waals surface area contributed by atoms with Gasteiger partial charge in [0, 0.05) is 38.3 Å². The summed E-state index contributed by atoms with van der Waals surface area (Å²) < 4.78 is 33.5. The SMILES string of the molecule is CN[C@H](C)C(=O)N[C@@H](C(=O)N1CC(O)C[C@H]1Cn1c(-c2nc3cc(F)ccc3n2CC2CC(O)CN2C(=O)[C@H](NC(=O)[C@@H](C)NC)C2CCCCC2)nc2cc(F)ccc21)C(C)C. The average Bonchev–Trinajstić information content (AvgIpc) is 4.02. The highest BCUT2D eigenvalue weighted by Crippen LogP contribution is 2.34. The van der Waals surface area contributed by atoms with E-state index < -0.39 is 60.1 Å². The number of imidazole rings is 2. The van der Waals surface area contributed by atoms with Gasteiger partial charge < -0.3 is 50.4 Å². The second kappa shape index (κ2) is 19.4. The normalized spacial score (nSPS) is 22.8. The fourth-order valence-electron chi connectivity index (χ4n) is 9.55. The average molecular weight is 877 g/mol. The zero-order chi connectivity index (χ0) is 45.3. The summed E-state index contributed by atoms with van der Waals surface area (Å²) in [6.45, 7) is 7.41. The number of carbonyl (C=O) groups is 4. The van der Waals surface area contributed by atoms with Crippen LogP contribution in [-0.4, -0.2) is 138 Å². The largest absolute Gasteiger partial charge is 0.391 e. The van der Waals surface area contributed by atoms with Crippen LogP contribution < -0.4 is 21.3 Å². The Morgan fingerprint density at radius 3 is 1.62 bits per heavy atom. The Bertz CT molecular complexity index is 2310. The molecule has 3 aliphatic rings. The predicted octanol–water partition coefficient (Wildman–Crippen LogP) is 2.68. The Balaban J connectivity index is 1.27. The van der Waals surface area contributed by atoms with E-state index in [1.807, 2.05) is 23.0 Å². The number of β-amino-alcohol motifs (C(OH)–C–C–N with tert-alkyl or cyclic N) is 2. The molecule has 4 amide bonds. The van der Waals surface area contributed by atoms with Crippen molar-refractivity contribution >= 4 is 45.7 Å². The van der Waals surface area contributed by atoms with Crippen LogP contribution in [0.2, 0.25) is 0 Å². The molecule has 63 heavy (non-hydrogen) atoms. The Kier molecular flexibility index (Phi) is 14.1. The van der Waals surface area contributed by atoms with Gasteiger partial charge in [-0.25, -0.2) is 18.7 Å². The van der Waals surface area contributed by atoms with Crippen LogP contribution in [0.1, 0.15) is 72.6 Å². The van der Waals surface area contributed by atoms with Gasteiger partial charge in [0.25, 0.3) is 0 Å². The van der Waals surface area contributed by atoms with Crippen LogP contribution in [0.15, 0.2) is 36.4 Å². The minimum atomic E-state index is -0.876. The van der Waals surface area contributed by atoms with Crippen LogP contribution in [0.5, 0.6) is 0 Å². The van der Waals surface area contributed by atoms with Gasteiger partial charge in [0.15, 0.2) is 11.6 Å². The van der Waals surface area contributed by atoms with E-state index in [0.29, 0.717) is 22.1 Å². The van der Waals surface area contributed by atoms with Crippen LogP contribution in [0.4, 0.5) is 8.78 Å². The Hall–Kier alpha value is -5.04. The highest BCUT2D eigenvalue weighted by molar-refractivity contribution is 5.91. The first-order valence-corrected chi connectivity index (χ1v) is 22.3. The van der Waals surface area contributed by atoms with Gasteiger partial charge in [-0.05, 0) is 89.7 Å². The molecule has 1 aliphatic carbocycles. The van der Waals surface area contributed by atoms with E-state index >= 15 is 0 Å². The summed E-state index contributed by atoms with van der Waals surface area (Å²) in [4.78, 5) is 68.3. The highest BCUT2D eigenvalue weighted by atomic mass is 19.1. The fraction of sp³-hybridized carbons (Fsp3) is 0.600. The molecule has 3 fully saturated rings. The van der Waals surface area contributed by atoms with Crippen molar-refractivity contribution in [2.24, 2.45) is 11.8 Å². The number of carbonyl (C=O) groups excluding carboxylic acids is 4. The summed E-state index contributed by atoms with van der Waals surface area (Å²) in [6, 6.07) is 4.51. The first kappa shape index (κ1) is 46.0. The minimum absolute atomic E-state index is 0.0304. The summed E-state index contributed by atoms with van der Waals surface area (Å²) in [7, 11) is 3.34. The quantitative estimate of drug-likeness (QED) is 0.103. The number of likely N-dealkylation sites (tertiary alicyclic amines) is 2. The van der Waals surface area contributed by atoms with E-state index in [2.05, 4.69) is 21.3 Å². The van der Waals surface area contributed by atoms with Crippen LogP contribution >= 0.6 is 0 Å². The van der Waals surface area contributed by atoms with Gasteiger partial charge in [-0.1, -0.05) is 33.1 Å². The number of benzene rings is 2. The van der Waals surface area contributed by atoms with Crippen LogP contribution in [-0.2, 0) is 32.3 Å². The maximum Gasteiger partial charge on any atom is 0.245 e. The van der Waals surface area contributed by atoms with E-state index in [1.165, 1.54) is 24.3 Å². The second-order valence-corrected chi connectivity index (χ2v) is 18.1. The molecule has 2 aromatic carbocycles. The van der Waals surface area contributed by atoms with Crippen LogP contribution in [0.3, 0.4) is 0 Å². The molecule has 4 heterocycles.